The van der Waals surface area contributed by atoms with Gasteiger partial charge in [-0.25, -0.2) is 0 Å². The summed E-state index contributed by atoms with van der Waals surface area (Å²) in [5, 5.41) is 4.53. The number of ether oxygens (including phenoxy) is 1. The van der Waals surface area contributed by atoms with E-state index in [4.69, 9.17) is 16.3 Å². The van der Waals surface area contributed by atoms with Crippen LogP contribution in [0.25, 0.3) is 16.5 Å². The molecule has 1 aromatic heterocycles. The predicted molar refractivity (Wildman–Crippen MR) is 131 cm³/mol. The largest absolute Gasteiger partial charge is 0.469 e. The lowest BCUT2D eigenvalue weighted by molar-refractivity contribution is -0.145. The van der Waals surface area contributed by atoms with E-state index in [-0.39, 0.29) is 33.9 Å². The number of carbonyl (C=O) groups is 3. The van der Waals surface area contributed by atoms with Crippen LogP contribution in [0.2, 0.25) is 5.02 Å². The second-order valence-electron chi connectivity index (χ2n) is 8.88. The summed E-state index contributed by atoms with van der Waals surface area (Å²) in [6.07, 6.45) is -1.69. The minimum atomic E-state index is -4.83. The summed E-state index contributed by atoms with van der Waals surface area (Å²) in [5.74, 6) is -2.07. The number of hydrogen-bond donors (Lipinski definition) is 0. The van der Waals surface area contributed by atoms with Crippen LogP contribution >= 0.6 is 11.6 Å². The third-order valence-corrected chi connectivity index (χ3v) is 6.62. The molecule has 1 unspecified atom stereocenters. The van der Waals surface area contributed by atoms with Gasteiger partial charge in [0.15, 0.2) is 0 Å². The Hall–Kier alpha value is -3.66. The summed E-state index contributed by atoms with van der Waals surface area (Å²) in [7, 11) is 4.44. The molecule has 0 spiro atoms. The number of rotatable bonds is 4. The number of esters is 1. The maximum Gasteiger partial charge on any atom is 0.417 e. The molecule has 0 saturated heterocycles. The number of benzene rings is 2. The van der Waals surface area contributed by atoms with E-state index in [1.54, 1.807) is 26.2 Å². The summed E-state index contributed by atoms with van der Waals surface area (Å²) < 4.78 is 47.0. The second kappa shape index (κ2) is 10.0. The maximum absolute atomic E-state index is 13.8. The van der Waals surface area contributed by atoms with Crippen molar-refractivity contribution >= 4 is 45.9 Å². The first-order valence-electron chi connectivity index (χ1n) is 11.4. The van der Waals surface area contributed by atoms with Gasteiger partial charge >= 0.3 is 12.1 Å². The van der Waals surface area contributed by atoms with Crippen molar-refractivity contribution in [2.75, 3.05) is 21.2 Å². The maximum atomic E-state index is 13.8. The lowest BCUT2D eigenvalue weighted by Crippen LogP contribution is -2.22. The monoisotopic (exact) mass is 533 g/mol. The highest BCUT2D eigenvalue weighted by molar-refractivity contribution is 6.34. The molecule has 0 saturated carbocycles. The van der Waals surface area contributed by atoms with Crippen LogP contribution in [-0.4, -0.2) is 53.7 Å². The minimum absolute atomic E-state index is 0.164. The molecule has 4 rings (SSSR count). The molecule has 1 aliphatic rings. The minimum Gasteiger partial charge on any atom is -0.469 e. The summed E-state index contributed by atoms with van der Waals surface area (Å²) >= 11 is 6.09. The molecule has 0 radical (unpaired) electrons. The van der Waals surface area contributed by atoms with Crippen LogP contribution in [0, 0.1) is 5.92 Å². The van der Waals surface area contributed by atoms with Gasteiger partial charge < -0.3 is 9.64 Å². The van der Waals surface area contributed by atoms with Crippen molar-refractivity contribution in [1.29, 1.82) is 0 Å². The lowest BCUT2D eigenvalue weighted by atomic mass is 9.87. The first kappa shape index (κ1) is 26.4. The third-order valence-electron chi connectivity index (χ3n) is 6.31. The molecule has 11 heteroatoms. The molecular weight excluding hydrogens is 511 g/mol. The summed E-state index contributed by atoms with van der Waals surface area (Å²) in [6.45, 7) is 0. The van der Waals surface area contributed by atoms with Gasteiger partial charge in [0.25, 0.3) is 11.8 Å². The summed E-state index contributed by atoms with van der Waals surface area (Å²) in [6, 6.07) is 7.71. The number of methoxy groups -OCH3 is 1. The van der Waals surface area contributed by atoms with E-state index in [1.165, 1.54) is 24.1 Å². The molecule has 37 heavy (non-hydrogen) atoms. The molecule has 0 N–H and O–H groups in total. The highest BCUT2D eigenvalue weighted by atomic mass is 35.5. The van der Waals surface area contributed by atoms with Gasteiger partial charge in [-0.05, 0) is 55.2 Å². The van der Waals surface area contributed by atoms with Gasteiger partial charge in [0.2, 0.25) is 0 Å². The fourth-order valence-electron chi connectivity index (χ4n) is 4.41. The molecule has 0 aliphatic heterocycles. The smallest absolute Gasteiger partial charge is 0.417 e. The number of aromatic nitrogens is 2. The highest BCUT2D eigenvalue weighted by Crippen LogP contribution is 2.38. The molecule has 3 aromatic rings. The molecule has 0 bridgehead atoms. The number of halogens is 4. The lowest BCUT2D eigenvalue weighted by Gasteiger charge is -2.19. The Bertz CT molecular complexity index is 1440. The van der Waals surface area contributed by atoms with Crippen LogP contribution in [0.15, 0.2) is 42.5 Å². The topological polar surface area (TPSA) is 81.5 Å². The Morgan fingerprint density at radius 2 is 1.89 bits per heavy atom. The van der Waals surface area contributed by atoms with E-state index in [0.717, 1.165) is 22.4 Å². The van der Waals surface area contributed by atoms with Gasteiger partial charge in [-0.15, -0.1) is 0 Å². The molecule has 1 heterocycles. The van der Waals surface area contributed by atoms with Crippen molar-refractivity contribution < 1.29 is 32.3 Å². The molecule has 1 amide bonds. The Balaban J connectivity index is 1.91. The van der Waals surface area contributed by atoms with Crippen molar-refractivity contribution in [2.45, 2.75) is 25.4 Å². The van der Waals surface area contributed by atoms with Gasteiger partial charge in [-0.1, -0.05) is 23.7 Å². The fraction of sp³-hybridized carbons (Fsp3) is 0.308. The zero-order valence-electron chi connectivity index (χ0n) is 20.2. The first-order valence-corrected chi connectivity index (χ1v) is 11.7. The number of allylic oxidation sites excluding steroid dienone is 2. The normalized spacial score (nSPS) is 15.9. The van der Waals surface area contributed by atoms with Gasteiger partial charge in [0.05, 0.1) is 40.4 Å². The van der Waals surface area contributed by atoms with E-state index in [2.05, 4.69) is 5.10 Å². The molecule has 1 atom stereocenters. The standard InChI is InChI=1S/C26H23ClF3N3O4/c1-32(2)23(34)16-11-12-17-20(13-16)33(24(35)21-18(26(28,29)30)5-4-6-19(21)27)31-22(17)14-7-9-15(10-8-14)25(36)37-3/h4-7,11-13,15H,8-10H2,1-3H3. The molecule has 7 nitrogen and oxygen atoms in total. The third kappa shape index (κ3) is 4.98. The Morgan fingerprint density at radius 3 is 2.49 bits per heavy atom. The van der Waals surface area contributed by atoms with Gasteiger partial charge in [0, 0.05) is 25.0 Å². The van der Waals surface area contributed by atoms with E-state index < -0.39 is 23.2 Å². The van der Waals surface area contributed by atoms with Crippen molar-refractivity contribution in [1.82, 2.24) is 14.7 Å². The van der Waals surface area contributed by atoms with Crippen molar-refractivity contribution in [3.05, 3.63) is 69.9 Å². The molecule has 0 fully saturated rings. The summed E-state index contributed by atoms with van der Waals surface area (Å²) in [5.41, 5.74) is -0.406. The van der Waals surface area contributed by atoms with Crippen LogP contribution in [0.1, 0.15) is 51.2 Å². The highest BCUT2D eigenvalue weighted by Gasteiger charge is 2.37. The number of hydrogen-bond acceptors (Lipinski definition) is 5. The van der Waals surface area contributed by atoms with Crippen LogP contribution in [0.5, 0.6) is 0 Å². The second-order valence-corrected chi connectivity index (χ2v) is 9.29. The van der Waals surface area contributed by atoms with E-state index in [1.807, 2.05) is 6.08 Å². The number of nitrogens with zero attached hydrogens (tertiary/aromatic N) is 3. The molecular formula is C26H23ClF3N3O4. The average Bonchev–Trinajstić information content (AvgIpc) is 3.25. The first-order chi connectivity index (χ1) is 17.4. The summed E-state index contributed by atoms with van der Waals surface area (Å²) in [4.78, 5) is 39.4. The number of alkyl halides is 3. The van der Waals surface area contributed by atoms with Crippen molar-refractivity contribution in [3.8, 4) is 0 Å². The van der Waals surface area contributed by atoms with Crippen LogP contribution in [0.4, 0.5) is 13.2 Å². The van der Waals surface area contributed by atoms with Crippen LogP contribution < -0.4 is 0 Å². The fourth-order valence-corrected chi connectivity index (χ4v) is 4.67. The van der Waals surface area contributed by atoms with E-state index >= 15 is 0 Å². The zero-order valence-corrected chi connectivity index (χ0v) is 21.0. The number of carbonyl (C=O) groups excluding carboxylic acids is 3. The Labute approximate surface area is 215 Å². The molecule has 194 valence electrons. The van der Waals surface area contributed by atoms with Crippen LogP contribution in [0.3, 0.4) is 0 Å². The SMILES string of the molecule is COC(=O)C1CC=C(c2nn(C(=O)c3c(Cl)cccc3C(F)(F)F)c3cc(C(=O)N(C)C)ccc23)CC1. The zero-order chi connectivity index (χ0) is 27.1. The number of fused-ring (bicyclic) bond motifs is 1. The molecule has 1 aliphatic carbocycles. The quantitative estimate of drug-likeness (QED) is 0.416. The van der Waals surface area contributed by atoms with Gasteiger partial charge in [-0.2, -0.15) is 23.0 Å². The Morgan fingerprint density at radius 1 is 1.16 bits per heavy atom. The predicted octanol–water partition coefficient (Wildman–Crippen LogP) is 5.46. The van der Waals surface area contributed by atoms with Gasteiger partial charge in [0.1, 0.15) is 0 Å². The van der Waals surface area contributed by atoms with E-state index in [0.29, 0.717) is 30.3 Å². The van der Waals surface area contributed by atoms with Crippen molar-refractivity contribution in [2.24, 2.45) is 5.92 Å². The van der Waals surface area contributed by atoms with Crippen LogP contribution in [-0.2, 0) is 15.7 Å². The Kier molecular flexibility index (Phi) is 7.14. The van der Waals surface area contributed by atoms with E-state index in [9.17, 15) is 27.6 Å². The number of amides is 1. The van der Waals surface area contributed by atoms with Crippen molar-refractivity contribution in [3.63, 3.8) is 0 Å². The average molecular weight is 534 g/mol. The van der Waals surface area contributed by atoms with Gasteiger partial charge in [-0.3, -0.25) is 14.4 Å². The molecule has 2 aromatic carbocycles.